The van der Waals surface area contributed by atoms with Crippen molar-refractivity contribution in [3.8, 4) is 17.2 Å². The average Bonchev–Trinajstić information content (AvgIpc) is 2.86. The molecule has 6 nitrogen and oxygen atoms in total. The van der Waals surface area contributed by atoms with Crippen LogP contribution in [0.2, 0.25) is 0 Å². The summed E-state index contributed by atoms with van der Waals surface area (Å²) >= 11 is 0. The van der Waals surface area contributed by atoms with Crippen LogP contribution in [-0.4, -0.2) is 31.8 Å². The van der Waals surface area contributed by atoms with E-state index < -0.39 is 5.97 Å². The lowest BCUT2D eigenvalue weighted by Crippen LogP contribution is -2.08. The summed E-state index contributed by atoms with van der Waals surface area (Å²) in [5.41, 5.74) is 0.893. The molecule has 0 aliphatic carbocycles. The molecule has 0 amide bonds. The molecule has 0 radical (unpaired) electrons. The van der Waals surface area contributed by atoms with Gasteiger partial charge in [0.15, 0.2) is 0 Å². The summed E-state index contributed by atoms with van der Waals surface area (Å²) in [4.78, 5) is 23.7. The molecule has 0 unspecified atom stereocenters. The zero-order valence-electron chi connectivity index (χ0n) is 21.1. The standard InChI is InChI=1S/C29H38O6/c1-4-5-6-9-20-32-25-14-12-24(13-15-25)29(31)35-27-18-16-26(17-19-27)33-21-10-7-8-11-22-34-28(30)23(2)3/h12-19H,2,4-11,20-22H2,1,3H3. The van der Waals surface area contributed by atoms with E-state index in [1.165, 1.54) is 19.3 Å². The second kappa shape index (κ2) is 16.4. The summed E-state index contributed by atoms with van der Waals surface area (Å²) in [5.74, 6) is 1.19. The number of hydrogen-bond acceptors (Lipinski definition) is 6. The minimum Gasteiger partial charge on any atom is -0.494 e. The van der Waals surface area contributed by atoms with Crippen LogP contribution >= 0.6 is 0 Å². The molecule has 0 spiro atoms. The maximum Gasteiger partial charge on any atom is 0.343 e. The maximum atomic E-state index is 12.4. The maximum absolute atomic E-state index is 12.4. The molecular weight excluding hydrogens is 444 g/mol. The van der Waals surface area contributed by atoms with Crippen LogP contribution in [0, 0.1) is 0 Å². The molecule has 0 saturated heterocycles. The Balaban J connectivity index is 1.62. The Kier molecular flexibility index (Phi) is 13.1. The number of rotatable bonds is 17. The highest BCUT2D eigenvalue weighted by Gasteiger charge is 2.09. The molecule has 0 atom stereocenters. The van der Waals surface area contributed by atoms with Crippen molar-refractivity contribution in [3.63, 3.8) is 0 Å². The Bertz CT molecular complexity index is 902. The van der Waals surface area contributed by atoms with E-state index in [0.29, 0.717) is 36.7 Å². The second-order valence-corrected chi connectivity index (χ2v) is 8.47. The molecule has 0 saturated carbocycles. The minimum atomic E-state index is -0.415. The molecule has 2 aromatic rings. The second-order valence-electron chi connectivity index (χ2n) is 8.47. The molecule has 0 fully saturated rings. The predicted molar refractivity (Wildman–Crippen MR) is 137 cm³/mol. The van der Waals surface area contributed by atoms with Gasteiger partial charge in [0, 0.05) is 5.57 Å². The Labute approximate surface area is 209 Å². The Morgan fingerprint density at radius 3 is 1.71 bits per heavy atom. The average molecular weight is 483 g/mol. The Morgan fingerprint density at radius 1 is 0.686 bits per heavy atom. The molecule has 190 valence electrons. The monoisotopic (exact) mass is 482 g/mol. The molecule has 0 aliphatic rings. The number of ether oxygens (including phenoxy) is 4. The van der Waals surface area contributed by atoms with Crippen LogP contribution in [0.1, 0.15) is 75.6 Å². The van der Waals surface area contributed by atoms with E-state index in [-0.39, 0.29) is 5.97 Å². The van der Waals surface area contributed by atoms with Crippen LogP contribution < -0.4 is 14.2 Å². The lowest BCUT2D eigenvalue weighted by atomic mass is 10.2. The van der Waals surface area contributed by atoms with Crippen LogP contribution in [0.3, 0.4) is 0 Å². The van der Waals surface area contributed by atoms with Gasteiger partial charge in [-0.05, 0) is 87.6 Å². The van der Waals surface area contributed by atoms with Crippen molar-refractivity contribution in [3.05, 3.63) is 66.2 Å². The van der Waals surface area contributed by atoms with Gasteiger partial charge in [-0.2, -0.15) is 0 Å². The molecule has 0 N–H and O–H groups in total. The first-order valence-corrected chi connectivity index (χ1v) is 12.5. The quantitative estimate of drug-likeness (QED) is 0.105. The summed E-state index contributed by atoms with van der Waals surface area (Å²) in [6, 6.07) is 14.0. The van der Waals surface area contributed by atoms with Gasteiger partial charge >= 0.3 is 11.9 Å². The Morgan fingerprint density at radius 2 is 1.17 bits per heavy atom. The first-order valence-electron chi connectivity index (χ1n) is 12.5. The van der Waals surface area contributed by atoms with Crippen LogP contribution in [0.15, 0.2) is 60.7 Å². The zero-order chi connectivity index (χ0) is 25.3. The van der Waals surface area contributed by atoms with Gasteiger partial charge in [0.1, 0.15) is 17.2 Å². The van der Waals surface area contributed by atoms with Crippen molar-refractivity contribution >= 4 is 11.9 Å². The number of benzene rings is 2. The highest BCUT2D eigenvalue weighted by atomic mass is 16.5. The number of unbranched alkanes of at least 4 members (excludes halogenated alkanes) is 6. The van der Waals surface area contributed by atoms with Crippen molar-refractivity contribution in [1.82, 2.24) is 0 Å². The smallest absolute Gasteiger partial charge is 0.343 e. The molecule has 2 aromatic carbocycles. The normalized spacial score (nSPS) is 10.5. The SMILES string of the molecule is C=C(C)C(=O)OCCCCCCOc1ccc(OC(=O)c2ccc(OCCCCCC)cc2)cc1. The summed E-state index contributed by atoms with van der Waals surface area (Å²) in [5, 5.41) is 0. The highest BCUT2D eigenvalue weighted by molar-refractivity contribution is 5.91. The van der Waals surface area contributed by atoms with Gasteiger partial charge in [-0.1, -0.05) is 32.8 Å². The van der Waals surface area contributed by atoms with Crippen molar-refractivity contribution in [1.29, 1.82) is 0 Å². The highest BCUT2D eigenvalue weighted by Crippen LogP contribution is 2.20. The summed E-state index contributed by atoms with van der Waals surface area (Å²) in [6.07, 6.45) is 8.31. The van der Waals surface area contributed by atoms with Crippen LogP contribution in [-0.2, 0) is 9.53 Å². The van der Waals surface area contributed by atoms with Gasteiger partial charge < -0.3 is 18.9 Å². The van der Waals surface area contributed by atoms with E-state index in [9.17, 15) is 9.59 Å². The van der Waals surface area contributed by atoms with Crippen LogP contribution in [0.25, 0.3) is 0 Å². The lowest BCUT2D eigenvalue weighted by Gasteiger charge is -2.09. The van der Waals surface area contributed by atoms with E-state index in [4.69, 9.17) is 18.9 Å². The number of hydrogen-bond donors (Lipinski definition) is 0. The largest absolute Gasteiger partial charge is 0.494 e. The molecule has 0 aromatic heterocycles. The molecule has 0 heterocycles. The van der Waals surface area contributed by atoms with Crippen LogP contribution in [0.4, 0.5) is 0 Å². The van der Waals surface area contributed by atoms with Gasteiger partial charge in [-0.3, -0.25) is 0 Å². The fourth-order valence-electron chi connectivity index (χ4n) is 3.21. The van der Waals surface area contributed by atoms with E-state index >= 15 is 0 Å². The van der Waals surface area contributed by atoms with Gasteiger partial charge in [-0.25, -0.2) is 9.59 Å². The van der Waals surface area contributed by atoms with Crippen molar-refractivity contribution in [2.24, 2.45) is 0 Å². The zero-order valence-corrected chi connectivity index (χ0v) is 21.1. The predicted octanol–water partition coefficient (Wildman–Crippen LogP) is 6.92. The van der Waals surface area contributed by atoms with E-state index in [0.717, 1.165) is 43.6 Å². The third-order valence-corrected chi connectivity index (χ3v) is 5.28. The molecule has 2 rings (SSSR count). The third kappa shape index (κ3) is 11.6. The topological polar surface area (TPSA) is 71.1 Å². The van der Waals surface area contributed by atoms with Gasteiger partial charge in [0.25, 0.3) is 0 Å². The van der Waals surface area contributed by atoms with Gasteiger partial charge in [0.05, 0.1) is 25.4 Å². The summed E-state index contributed by atoms with van der Waals surface area (Å²) in [7, 11) is 0. The van der Waals surface area contributed by atoms with Gasteiger partial charge in [-0.15, -0.1) is 0 Å². The van der Waals surface area contributed by atoms with Crippen molar-refractivity contribution in [2.45, 2.75) is 65.2 Å². The van der Waals surface area contributed by atoms with E-state index in [2.05, 4.69) is 13.5 Å². The van der Waals surface area contributed by atoms with Crippen molar-refractivity contribution in [2.75, 3.05) is 19.8 Å². The number of esters is 2. The molecule has 0 aliphatic heterocycles. The Hall–Kier alpha value is -3.28. The first kappa shape index (κ1) is 28.0. The first-order chi connectivity index (χ1) is 17.0. The fourth-order valence-corrected chi connectivity index (χ4v) is 3.21. The van der Waals surface area contributed by atoms with E-state index in [1.54, 1.807) is 55.5 Å². The van der Waals surface area contributed by atoms with Crippen LogP contribution in [0.5, 0.6) is 17.2 Å². The molecule has 0 bridgehead atoms. The fraction of sp³-hybridized carbons (Fsp3) is 0.448. The summed E-state index contributed by atoms with van der Waals surface area (Å²) in [6.45, 7) is 9.08. The molecular formula is C29H38O6. The number of carbonyl (C=O) groups excluding carboxylic acids is 2. The van der Waals surface area contributed by atoms with Crippen molar-refractivity contribution < 1.29 is 28.5 Å². The molecule has 6 heteroatoms. The summed E-state index contributed by atoms with van der Waals surface area (Å²) < 4.78 is 22.0. The van der Waals surface area contributed by atoms with Gasteiger partial charge in [0.2, 0.25) is 0 Å². The lowest BCUT2D eigenvalue weighted by molar-refractivity contribution is -0.139. The molecule has 35 heavy (non-hydrogen) atoms. The number of carbonyl (C=O) groups is 2. The van der Waals surface area contributed by atoms with E-state index in [1.807, 2.05) is 0 Å². The third-order valence-electron chi connectivity index (χ3n) is 5.28. The minimum absolute atomic E-state index is 0.335.